The van der Waals surface area contributed by atoms with E-state index in [1.54, 1.807) is 0 Å². The first-order chi connectivity index (χ1) is 5.84. The van der Waals surface area contributed by atoms with Gasteiger partial charge in [-0.1, -0.05) is 0 Å². The van der Waals surface area contributed by atoms with Crippen LogP contribution in [0.5, 0.6) is 0 Å². The molecule has 2 saturated heterocycles. The van der Waals surface area contributed by atoms with Gasteiger partial charge in [0.05, 0.1) is 6.61 Å². The first-order valence-electron chi connectivity index (χ1n) is 4.29. The average Bonchev–Trinajstić information content (AvgIpc) is 2.63. The van der Waals surface area contributed by atoms with E-state index < -0.39 is 11.4 Å². The quantitative estimate of drug-likeness (QED) is 0.619. The van der Waals surface area contributed by atoms with Gasteiger partial charge in [0.2, 0.25) is 0 Å². The Labute approximate surface area is 74.7 Å². The van der Waals surface area contributed by atoms with E-state index in [2.05, 4.69) is 4.90 Å². The summed E-state index contributed by atoms with van der Waals surface area (Å²) in [5.74, 6) is 0. The second-order valence-corrected chi connectivity index (χ2v) is 4.05. The monoisotopic (exact) mass is 191 g/mol. The van der Waals surface area contributed by atoms with Crippen LogP contribution in [0.15, 0.2) is 0 Å². The standard InChI is InChI=1S/C7H13NO3S/c9-12-10-6-7(11-12)5-8-3-1-2-4-8/h7H,1-6H2. The minimum absolute atomic E-state index is 0.0175. The molecule has 2 atom stereocenters. The SMILES string of the molecule is O=S1OCC(CN2CCCC2)O1. The van der Waals surface area contributed by atoms with Gasteiger partial charge in [-0.25, -0.2) is 0 Å². The summed E-state index contributed by atoms with van der Waals surface area (Å²) in [6.45, 7) is 3.63. The Kier molecular flexibility index (Phi) is 2.75. The van der Waals surface area contributed by atoms with Crippen molar-refractivity contribution in [1.29, 1.82) is 0 Å². The molecular weight excluding hydrogens is 178 g/mol. The molecule has 0 aromatic heterocycles. The maximum absolute atomic E-state index is 10.7. The third-order valence-electron chi connectivity index (χ3n) is 2.23. The molecule has 70 valence electrons. The number of nitrogens with zero attached hydrogens (tertiary/aromatic N) is 1. The zero-order chi connectivity index (χ0) is 8.39. The predicted octanol–water partition coefficient (Wildman–Crippen LogP) is 0.0763. The smallest absolute Gasteiger partial charge is 0.301 e. The van der Waals surface area contributed by atoms with Crippen molar-refractivity contribution in [2.45, 2.75) is 18.9 Å². The normalized spacial score (nSPS) is 37.7. The lowest BCUT2D eigenvalue weighted by molar-refractivity contribution is 0.171. The second kappa shape index (κ2) is 3.83. The summed E-state index contributed by atoms with van der Waals surface area (Å²) in [7, 11) is 0. The van der Waals surface area contributed by atoms with Crippen LogP contribution in [0.3, 0.4) is 0 Å². The van der Waals surface area contributed by atoms with E-state index in [0.717, 1.165) is 19.6 Å². The molecule has 2 unspecified atom stereocenters. The first-order valence-corrected chi connectivity index (χ1v) is 5.29. The van der Waals surface area contributed by atoms with Gasteiger partial charge in [0.25, 0.3) is 0 Å². The molecule has 0 amide bonds. The fraction of sp³-hybridized carbons (Fsp3) is 1.00. The van der Waals surface area contributed by atoms with Crippen molar-refractivity contribution in [2.24, 2.45) is 0 Å². The molecule has 0 aliphatic carbocycles. The Hall–Kier alpha value is 0.0300. The van der Waals surface area contributed by atoms with Gasteiger partial charge in [-0.2, -0.15) is 4.21 Å². The molecule has 0 spiro atoms. The minimum atomic E-state index is -1.48. The molecule has 0 radical (unpaired) electrons. The topological polar surface area (TPSA) is 38.8 Å². The predicted molar refractivity (Wildman–Crippen MR) is 44.6 cm³/mol. The van der Waals surface area contributed by atoms with Gasteiger partial charge in [-0.3, -0.25) is 8.37 Å². The Morgan fingerprint density at radius 2 is 2.17 bits per heavy atom. The summed E-state index contributed by atoms with van der Waals surface area (Å²) in [5.41, 5.74) is 0. The van der Waals surface area contributed by atoms with E-state index in [4.69, 9.17) is 8.37 Å². The van der Waals surface area contributed by atoms with E-state index >= 15 is 0 Å². The van der Waals surface area contributed by atoms with Gasteiger partial charge >= 0.3 is 11.4 Å². The van der Waals surface area contributed by atoms with E-state index in [1.807, 2.05) is 0 Å². The van der Waals surface area contributed by atoms with Crippen LogP contribution < -0.4 is 0 Å². The average molecular weight is 191 g/mol. The zero-order valence-electron chi connectivity index (χ0n) is 6.90. The third kappa shape index (κ3) is 2.04. The van der Waals surface area contributed by atoms with Crippen LogP contribution in [0.25, 0.3) is 0 Å². The molecule has 0 saturated carbocycles. The minimum Gasteiger partial charge on any atom is -0.301 e. The first kappa shape index (κ1) is 8.62. The van der Waals surface area contributed by atoms with Gasteiger partial charge < -0.3 is 4.90 Å². The molecule has 2 aliphatic rings. The van der Waals surface area contributed by atoms with E-state index in [-0.39, 0.29) is 6.10 Å². The van der Waals surface area contributed by atoms with Gasteiger partial charge in [-0.15, -0.1) is 0 Å². The van der Waals surface area contributed by atoms with E-state index in [1.165, 1.54) is 12.8 Å². The Morgan fingerprint density at radius 1 is 1.42 bits per heavy atom. The Balaban J connectivity index is 1.75. The molecule has 2 heterocycles. The maximum Gasteiger partial charge on any atom is 0.305 e. The highest BCUT2D eigenvalue weighted by atomic mass is 32.2. The molecule has 2 fully saturated rings. The largest absolute Gasteiger partial charge is 0.305 e. The van der Waals surface area contributed by atoms with E-state index in [9.17, 15) is 4.21 Å². The van der Waals surface area contributed by atoms with Crippen LogP contribution >= 0.6 is 0 Å². The number of hydrogen-bond acceptors (Lipinski definition) is 4. The van der Waals surface area contributed by atoms with Crippen molar-refractivity contribution >= 4 is 11.4 Å². The van der Waals surface area contributed by atoms with Crippen LogP contribution in [-0.2, 0) is 19.7 Å². The Morgan fingerprint density at radius 3 is 2.75 bits per heavy atom. The third-order valence-corrected chi connectivity index (χ3v) is 2.98. The fourth-order valence-electron chi connectivity index (χ4n) is 1.63. The van der Waals surface area contributed by atoms with Crippen molar-refractivity contribution in [2.75, 3.05) is 26.2 Å². The molecule has 5 heteroatoms. The van der Waals surface area contributed by atoms with Crippen molar-refractivity contribution in [3.63, 3.8) is 0 Å². The van der Waals surface area contributed by atoms with Crippen LogP contribution in [0.1, 0.15) is 12.8 Å². The van der Waals surface area contributed by atoms with Crippen molar-refractivity contribution in [3.8, 4) is 0 Å². The van der Waals surface area contributed by atoms with Crippen LogP contribution in [0, 0.1) is 0 Å². The summed E-state index contributed by atoms with van der Waals surface area (Å²) < 4.78 is 20.5. The number of rotatable bonds is 2. The van der Waals surface area contributed by atoms with Crippen LogP contribution in [-0.4, -0.2) is 41.5 Å². The summed E-state index contributed by atoms with van der Waals surface area (Å²) in [6, 6.07) is 0. The van der Waals surface area contributed by atoms with Crippen molar-refractivity contribution in [1.82, 2.24) is 4.90 Å². The summed E-state index contributed by atoms with van der Waals surface area (Å²) in [5, 5.41) is 0. The molecular formula is C7H13NO3S. The molecule has 12 heavy (non-hydrogen) atoms. The molecule has 0 bridgehead atoms. The molecule has 0 aromatic rings. The highest BCUT2D eigenvalue weighted by molar-refractivity contribution is 7.75. The number of likely N-dealkylation sites (tertiary alicyclic amines) is 1. The van der Waals surface area contributed by atoms with E-state index in [0.29, 0.717) is 6.61 Å². The van der Waals surface area contributed by atoms with Crippen molar-refractivity contribution < 1.29 is 12.6 Å². The summed E-state index contributed by atoms with van der Waals surface area (Å²) >= 11 is -1.48. The van der Waals surface area contributed by atoms with Gasteiger partial charge in [0.1, 0.15) is 6.10 Å². The molecule has 4 nitrogen and oxygen atoms in total. The summed E-state index contributed by atoms with van der Waals surface area (Å²) in [6.07, 6.45) is 2.57. The lowest BCUT2D eigenvalue weighted by atomic mass is 10.3. The molecule has 2 rings (SSSR count). The molecule has 0 N–H and O–H groups in total. The second-order valence-electron chi connectivity index (χ2n) is 3.21. The van der Waals surface area contributed by atoms with Crippen LogP contribution in [0.4, 0.5) is 0 Å². The highest BCUT2D eigenvalue weighted by Crippen LogP contribution is 2.13. The van der Waals surface area contributed by atoms with Gasteiger partial charge in [0, 0.05) is 6.54 Å². The lowest BCUT2D eigenvalue weighted by Crippen LogP contribution is -2.31. The van der Waals surface area contributed by atoms with Crippen molar-refractivity contribution in [3.05, 3.63) is 0 Å². The van der Waals surface area contributed by atoms with Gasteiger partial charge in [0.15, 0.2) is 0 Å². The number of hydrogen-bond donors (Lipinski definition) is 0. The maximum atomic E-state index is 10.7. The van der Waals surface area contributed by atoms with Gasteiger partial charge in [-0.05, 0) is 25.9 Å². The van der Waals surface area contributed by atoms with Crippen LogP contribution in [0.2, 0.25) is 0 Å². The molecule has 0 aromatic carbocycles. The lowest BCUT2D eigenvalue weighted by Gasteiger charge is -2.16. The molecule has 2 aliphatic heterocycles. The fourth-order valence-corrected chi connectivity index (χ4v) is 2.29. The summed E-state index contributed by atoms with van der Waals surface area (Å²) in [4.78, 5) is 2.33. The zero-order valence-corrected chi connectivity index (χ0v) is 7.72. The Bertz CT molecular complexity index is 181. The highest BCUT2D eigenvalue weighted by Gasteiger charge is 2.26.